The highest BCUT2D eigenvalue weighted by molar-refractivity contribution is 6.30. The molecule has 2 aromatic heterocycles. The Labute approximate surface area is 243 Å². The van der Waals surface area contributed by atoms with Gasteiger partial charge in [0.2, 0.25) is 11.8 Å². The van der Waals surface area contributed by atoms with Crippen LogP contribution in [0.1, 0.15) is 40.1 Å². The lowest BCUT2D eigenvalue weighted by molar-refractivity contribution is -0.135. The number of benzene rings is 2. The van der Waals surface area contributed by atoms with Gasteiger partial charge in [-0.25, -0.2) is 4.79 Å². The smallest absolute Gasteiger partial charge is 0.335 e. The van der Waals surface area contributed by atoms with Gasteiger partial charge in [-0.1, -0.05) is 11.6 Å². The Morgan fingerprint density at radius 2 is 1.83 bits per heavy atom. The van der Waals surface area contributed by atoms with E-state index < -0.39 is 23.8 Å². The van der Waals surface area contributed by atoms with Crippen molar-refractivity contribution in [3.8, 4) is 5.69 Å². The molecule has 14 heteroatoms. The number of hydrogen-bond donors (Lipinski definition) is 3. The molecule has 1 unspecified atom stereocenters. The van der Waals surface area contributed by atoms with E-state index in [9.17, 15) is 24.3 Å². The first-order valence-electron chi connectivity index (χ1n) is 12.6. The summed E-state index contributed by atoms with van der Waals surface area (Å²) in [6.45, 7) is 1.54. The lowest BCUT2D eigenvalue weighted by atomic mass is 9.95. The van der Waals surface area contributed by atoms with Crippen LogP contribution in [-0.4, -0.2) is 65.4 Å². The van der Waals surface area contributed by atoms with Crippen molar-refractivity contribution >= 4 is 52.7 Å². The van der Waals surface area contributed by atoms with Gasteiger partial charge in [-0.05, 0) is 65.0 Å². The number of pyridine rings is 1. The van der Waals surface area contributed by atoms with Crippen LogP contribution in [0.4, 0.5) is 11.4 Å². The quantitative estimate of drug-likeness (QED) is 0.275. The third-order valence-electron chi connectivity index (χ3n) is 6.44. The maximum absolute atomic E-state index is 13.7. The summed E-state index contributed by atoms with van der Waals surface area (Å²) < 4.78 is 1.43. The molecule has 3 amide bonds. The molecule has 1 atom stereocenters. The van der Waals surface area contributed by atoms with E-state index in [1.54, 1.807) is 30.3 Å². The molecule has 1 aliphatic heterocycles. The molecule has 0 radical (unpaired) electrons. The van der Waals surface area contributed by atoms with Gasteiger partial charge in [-0.2, -0.15) is 4.68 Å². The summed E-state index contributed by atoms with van der Waals surface area (Å²) in [4.78, 5) is 56.1. The summed E-state index contributed by atoms with van der Waals surface area (Å²) in [5.41, 5.74) is 2.98. The number of fused-ring (bicyclic) bond motifs is 1. The van der Waals surface area contributed by atoms with Crippen molar-refractivity contribution in [2.75, 3.05) is 17.2 Å². The second kappa shape index (κ2) is 12.0. The molecule has 0 saturated heterocycles. The van der Waals surface area contributed by atoms with E-state index in [0.29, 0.717) is 45.3 Å². The fourth-order valence-electron chi connectivity index (χ4n) is 4.57. The zero-order chi connectivity index (χ0) is 29.8. The van der Waals surface area contributed by atoms with Crippen molar-refractivity contribution in [1.29, 1.82) is 0 Å². The van der Waals surface area contributed by atoms with E-state index in [1.165, 1.54) is 59.4 Å². The summed E-state index contributed by atoms with van der Waals surface area (Å²) in [5.74, 6) is -2.42. The van der Waals surface area contributed by atoms with Gasteiger partial charge in [-0.3, -0.25) is 19.4 Å². The summed E-state index contributed by atoms with van der Waals surface area (Å²) in [7, 11) is 0. The van der Waals surface area contributed by atoms with E-state index in [0.717, 1.165) is 0 Å². The molecule has 4 aromatic rings. The second-order valence-electron chi connectivity index (χ2n) is 9.29. The van der Waals surface area contributed by atoms with Gasteiger partial charge in [0.05, 0.1) is 23.1 Å². The van der Waals surface area contributed by atoms with Gasteiger partial charge in [0.25, 0.3) is 5.91 Å². The normalized spacial score (nSPS) is 14.3. The number of carboxylic acid groups (broad SMARTS) is 1. The number of halogens is 1. The number of nitrogens with zero attached hydrogens (tertiary/aromatic N) is 6. The minimum Gasteiger partial charge on any atom is -0.478 e. The monoisotopic (exact) mass is 586 g/mol. The molecule has 3 heterocycles. The molecular weight excluding hydrogens is 564 g/mol. The first-order valence-corrected chi connectivity index (χ1v) is 13.0. The van der Waals surface area contributed by atoms with Crippen LogP contribution in [0.25, 0.3) is 11.8 Å². The minimum absolute atomic E-state index is 0.0594. The Bertz CT molecular complexity index is 1710. The van der Waals surface area contributed by atoms with Crippen molar-refractivity contribution in [2.24, 2.45) is 0 Å². The number of carbonyl (C=O) groups is 4. The number of tetrazole rings is 1. The van der Waals surface area contributed by atoms with Gasteiger partial charge >= 0.3 is 5.97 Å². The van der Waals surface area contributed by atoms with Crippen molar-refractivity contribution in [2.45, 2.75) is 19.4 Å². The van der Waals surface area contributed by atoms with Crippen molar-refractivity contribution in [3.63, 3.8) is 0 Å². The molecule has 0 saturated carbocycles. The lowest BCUT2D eigenvalue weighted by Gasteiger charge is -2.35. The molecule has 212 valence electrons. The molecule has 2 aromatic carbocycles. The predicted molar refractivity (Wildman–Crippen MR) is 152 cm³/mol. The average Bonchev–Trinajstić information content (AvgIpc) is 3.50. The Morgan fingerprint density at radius 1 is 1.05 bits per heavy atom. The Balaban J connectivity index is 1.48. The van der Waals surface area contributed by atoms with Crippen LogP contribution < -0.4 is 10.6 Å². The van der Waals surface area contributed by atoms with Crippen LogP contribution >= 0.6 is 11.6 Å². The summed E-state index contributed by atoms with van der Waals surface area (Å²) in [6, 6.07) is 11.2. The standard InChI is InChI=1S/C28H23ClN8O5/c1-16(38)32-21-13-22-23(30-14-21)10-11-36(26(22)27(40)33-20-6-2-17(3-7-20)28(41)42)25(39)9-4-18-12-19(29)5-8-24(18)37-15-31-34-35-37/h2-9,12-15,26H,10-11H2,1H3,(H,32,38)(H,33,40)(H,41,42)/b9-4+. The first kappa shape index (κ1) is 28.1. The molecule has 1 aliphatic rings. The van der Waals surface area contributed by atoms with Crippen LogP contribution in [0.3, 0.4) is 0 Å². The Morgan fingerprint density at radius 3 is 2.52 bits per heavy atom. The third kappa shape index (κ3) is 6.15. The number of rotatable bonds is 7. The summed E-state index contributed by atoms with van der Waals surface area (Å²) in [6.07, 6.45) is 6.17. The number of hydrogen-bond acceptors (Lipinski definition) is 8. The van der Waals surface area contributed by atoms with Gasteiger partial charge in [-0.15, -0.1) is 5.10 Å². The SMILES string of the molecule is CC(=O)Nc1cnc2c(c1)C(C(=O)Nc1ccc(C(=O)O)cc1)N(C(=O)/C=C/c1cc(Cl)ccc1-n1cnnn1)CC2. The zero-order valence-electron chi connectivity index (χ0n) is 22.1. The van der Waals surface area contributed by atoms with Crippen LogP contribution in [0.2, 0.25) is 5.02 Å². The van der Waals surface area contributed by atoms with E-state index >= 15 is 0 Å². The second-order valence-corrected chi connectivity index (χ2v) is 9.72. The van der Waals surface area contributed by atoms with Crippen LogP contribution in [0, 0.1) is 0 Å². The zero-order valence-corrected chi connectivity index (χ0v) is 22.8. The number of amides is 3. The number of nitrogens with one attached hydrogen (secondary N) is 2. The maximum atomic E-state index is 13.7. The van der Waals surface area contributed by atoms with E-state index in [-0.39, 0.29) is 18.0 Å². The molecule has 5 rings (SSSR count). The lowest BCUT2D eigenvalue weighted by Crippen LogP contribution is -2.45. The molecule has 0 bridgehead atoms. The molecule has 42 heavy (non-hydrogen) atoms. The number of carbonyl (C=O) groups excluding carboxylic acids is 3. The first-order chi connectivity index (χ1) is 20.2. The molecule has 0 spiro atoms. The topological polar surface area (TPSA) is 172 Å². The number of anilines is 2. The third-order valence-corrected chi connectivity index (χ3v) is 6.68. The van der Waals surface area contributed by atoms with Crippen LogP contribution in [0.15, 0.2) is 67.1 Å². The highest BCUT2D eigenvalue weighted by Crippen LogP contribution is 2.32. The fraction of sp³-hybridized carbons (Fsp3) is 0.143. The highest BCUT2D eigenvalue weighted by Gasteiger charge is 2.36. The predicted octanol–water partition coefficient (Wildman–Crippen LogP) is 3.15. The fourth-order valence-corrected chi connectivity index (χ4v) is 4.75. The molecule has 13 nitrogen and oxygen atoms in total. The molecule has 0 fully saturated rings. The summed E-state index contributed by atoms with van der Waals surface area (Å²) >= 11 is 6.21. The average molecular weight is 587 g/mol. The number of aromatic nitrogens is 5. The highest BCUT2D eigenvalue weighted by atomic mass is 35.5. The van der Waals surface area contributed by atoms with Gasteiger partial charge in [0.15, 0.2) is 0 Å². The van der Waals surface area contributed by atoms with E-state index in [1.807, 2.05) is 0 Å². The van der Waals surface area contributed by atoms with Gasteiger partial charge in [0, 0.05) is 53.5 Å². The van der Waals surface area contributed by atoms with Crippen molar-refractivity contribution in [1.82, 2.24) is 30.1 Å². The van der Waals surface area contributed by atoms with Crippen molar-refractivity contribution < 1.29 is 24.3 Å². The van der Waals surface area contributed by atoms with Crippen LogP contribution in [0.5, 0.6) is 0 Å². The molecule has 0 aliphatic carbocycles. The number of carboxylic acids is 1. The Kier molecular flexibility index (Phi) is 8.02. The number of aromatic carboxylic acids is 1. The summed E-state index contributed by atoms with van der Waals surface area (Å²) in [5, 5.41) is 26.2. The largest absolute Gasteiger partial charge is 0.478 e. The van der Waals surface area contributed by atoms with E-state index in [4.69, 9.17) is 11.6 Å². The van der Waals surface area contributed by atoms with Crippen LogP contribution in [-0.2, 0) is 20.8 Å². The molecular formula is C28H23ClN8O5. The molecule has 3 N–H and O–H groups in total. The van der Waals surface area contributed by atoms with E-state index in [2.05, 4.69) is 31.1 Å². The minimum atomic E-state index is -1.11. The van der Waals surface area contributed by atoms with Crippen molar-refractivity contribution in [3.05, 3.63) is 94.5 Å². The maximum Gasteiger partial charge on any atom is 0.335 e. The van der Waals surface area contributed by atoms with Gasteiger partial charge < -0.3 is 20.6 Å². The Hall–Kier alpha value is -5.43. The van der Waals surface area contributed by atoms with Gasteiger partial charge in [0.1, 0.15) is 12.4 Å².